The number of hydrazone groups is 1. The zero-order valence-corrected chi connectivity index (χ0v) is 26.8. The number of aryl methyl sites for hydroxylation is 1. The first kappa shape index (κ1) is 32.6. The molecule has 1 aliphatic heterocycles. The third-order valence-electron chi connectivity index (χ3n) is 8.23. The molecule has 1 aromatic heterocycles. The Morgan fingerprint density at radius 3 is 2.76 bits per heavy atom. The molecule has 2 bridgehead atoms. The normalized spacial score (nSPS) is 16.7. The van der Waals surface area contributed by atoms with Crippen LogP contribution in [0.5, 0.6) is 0 Å². The van der Waals surface area contributed by atoms with Crippen molar-refractivity contribution in [1.82, 2.24) is 15.3 Å². The van der Waals surface area contributed by atoms with Gasteiger partial charge in [0.15, 0.2) is 0 Å². The second kappa shape index (κ2) is 16.0. The van der Waals surface area contributed by atoms with E-state index in [2.05, 4.69) is 74.6 Å². The number of anilines is 3. The second-order valence-electron chi connectivity index (χ2n) is 11.5. The van der Waals surface area contributed by atoms with Gasteiger partial charge in [-0.05, 0) is 80.1 Å². The number of benzene rings is 3. The number of halogens is 1. The van der Waals surface area contributed by atoms with Gasteiger partial charge < -0.3 is 26.8 Å². The Labute approximate surface area is 275 Å². The lowest BCUT2D eigenvalue weighted by molar-refractivity contribution is -0.117. The highest BCUT2D eigenvalue weighted by molar-refractivity contribution is 6.30. The Kier molecular flexibility index (Phi) is 11.3. The Morgan fingerprint density at radius 2 is 1.96 bits per heavy atom. The number of nitrogens with two attached hydrogens (primary N) is 2. The molecule has 46 heavy (non-hydrogen) atoms. The summed E-state index contributed by atoms with van der Waals surface area (Å²) in [7, 11) is 1.93. The number of nitrogens with zero attached hydrogens (tertiary/aromatic N) is 3. The standard InChI is InChI=1S/C35H42ClN9O/c1-39-28-16-17-29-31(21-28)42-27(12-7-10-24-8-3-2-4-9-24)11-5-6-13-30(35-40-22-32(29)44-35)43-34(46)19-14-25-20-26(36)15-18-33(25)45(38)23-41-37/h2-4,8-9,14-23,27,30,39,42H,5-7,10-13,37-38H2,1H3,(H,40,44)(H,43,46)/b19-14+,41-23-/t27?,30-/m0/s1. The topological polar surface area (TPSA) is 149 Å². The third kappa shape index (κ3) is 8.68. The molecule has 0 aliphatic carbocycles. The number of nitrogens with one attached hydrogen (secondary N) is 4. The van der Waals surface area contributed by atoms with Crippen molar-refractivity contribution in [2.45, 2.75) is 57.0 Å². The molecule has 4 aromatic rings. The first-order valence-corrected chi connectivity index (χ1v) is 16.0. The lowest BCUT2D eigenvalue weighted by Crippen LogP contribution is -2.30. The Bertz CT molecular complexity index is 1650. The number of fused-ring (bicyclic) bond motifs is 4. The van der Waals surface area contributed by atoms with Gasteiger partial charge in [-0.25, -0.2) is 10.8 Å². The number of carbonyl (C=O) groups excluding carboxylic acids is 1. The molecule has 8 N–H and O–H groups in total. The summed E-state index contributed by atoms with van der Waals surface area (Å²) in [5, 5.41) is 15.6. The van der Waals surface area contributed by atoms with Gasteiger partial charge in [0.25, 0.3) is 0 Å². The Balaban J connectivity index is 1.35. The summed E-state index contributed by atoms with van der Waals surface area (Å²) in [6, 6.07) is 22.2. The minimum absolute atomic E-state index is 0.253. The summed E-state index contributed by atoms with van der Waals surface area (Å²) in [5.41, 5.74) is 6.63. The summed E-state index contributed by atoms with van der Waals surface area (Å²) in [5.74, 6) is 11.8. The fourth-order valence-corrected chi connectivity index (χ4v) is 6.02. The number of imidazole rings is 1. The van der Waals surface area contributed by atoms with Gasteiger partial charge in [-0.15, -0.1) is 0 Å². The van der Waals surface area contributed by atoms with Crippen molar-refractivity contribution in [2.75, 3.05) is 22.7 Å². The molecule has 5 rings (SSSR count). The van der Waals surface area contributed by atoms with Crippen LogP contribution in [0.4, 0.5) is 17.1 Å². The highest BCUT2D eigenvalue weighted by Crippen LogP contribution is 2.33. The number of aromatic nitrogens is 2. The maximum Gasteiger partial charge on any atom is 0.244 e. The van der Waals surface area contributed by atoms with Crippen molar-refractivity contribution in [3.63, 3.8) is 0 Å². The van der Waals surface area contributed by atoms with Gasteiger partial charge >= 0.3 is 0 Å². The van der Waals surface area contributed by atoms with Crippen molar-refractivity contribution in [3.05, 3.63) is 101 Å². The molecule has 2 atom stereocenters. The number of amides is 1. The molecule has 240 valence electrons. The van der Waals surface area contributed by atoms with Crippen molar-refractivity contribution in [1.29, 1.82) is 0 Å². The largest absolute Gasteiger partial charge is 0.388 e. The summed E-state index contributed by atoms with van der Waals surface area (Å²) < 4.78 is 0. The van der Waals surface area contributed by atoms with E-state index in [1.165, 1.54) is 23.0 Å². The quantitative estimate of drug-likeness (QED) is 0.0376. The van der Waals surface area contributed by atoms with Crippen molar-refractivity contribution in [2.24, 2.45) is 16.8 Å². The van der Waals surface area contributed by atoms with E-state index in [1.807, 2.05) is 13.2 Å². The highest BCUT2D eigenvalue weighted by Gasteiger charge is 2.21. The molecule has 0 radical (unpaired) electrons. The molecule has 0 spiro atoms. The molecular formula is C35H42ClN9O. The van der Waals surface area contributed by atoms with Crippen LogP contribution in [0.2, 0.25) is 5.02 Å². The summed E-state index contributed by atoms with van der Waals surface area (Å²) in [4.78, 5) is 21.5. The molecule has 11 heteroatoms. The zero-order chi connectivity index (χ0) is 32.3. The Hall–Kier alpha value is -4.80. The van der Waals surface area contributed by atoms with E-state index in [9.17, 15) is 4.79 Å². The zero-order valence-electron chi connectivity index (χ0n) is 26.0. The van der Waals surface area contributed by atoms with E-state index >= 15 is 0 Å². The summed E-state index contributed by atoms with van der Waals surface area (Å²) in [6.07, 6.45) is 13.2. The Morgan fingerprint density at radius 1 is 1.13 bits per heavy atom. The monoisotopic (exact) mass is 639 g/mol. The number of hydrogen-bond donors (Lipinski definition) is 6. The van der Waals surface area contributed by atoms with E-state index in [0.29, 0.717) is 22.3 Å². The van der Waals surface area contributed by atoms with Gasteiger partial charge in [-0.3, -0.25) is 9.80 Å². The minimum atomic E-state index is -0.288. The SMILES string of the molecule is CNc1ccc2c(c1)NC(CCCc1ccccc1)CCCC[C@H](NC(=O)/C=C/c1cc(Cl)ccc1N(N)/C=N\N)c1ncc-2[nH]1. The summed E-state index contributed by atoms with van der Waals surface area (Å²) >= 11 is 6.23. The highest BCUT2D eigenvalue weighted by atomic mass is 35.5. The van der Waals surface area contributed by atoms with Crippen LogP contribution in [0.25, 0.3) is 17.3 Å². The fourth-order valence-electron chi connectivity index (χ4n) is 5.84. The fraction of sp³-hybridized carbons (Fsp3) is 0.286. The van der Waals surface area contributed by atoms with Crippen LogP contribution in [0.15, 0.2) is 84.1 Å². The van der Waals surface area contributed by atoms with E-state index < -0.39 is 0 Å². The van der Waals surface area contributed by atoms with Crippen molar-refractivity contribution >= 4 is 47.0 Å². The molecule has 1 unspecified atom stereocenters. The van der Waals surface area contributed by atoms with E-state index in [4.69, 9.17) is 28.3 Å². The molecule has 0 fully saturated rings. The number of H-pyrrole nitrogens is 1. The van der Waals surface area contributed by atoms with E-state index in [0.717, 1.165) is 73.4 Å². The average Bonchev–Trinajstić information content (AvgIpc) is 3.55. The first-order valence-electron chi connectivity index (χ1n) is 15.7. The van der Waals surface area contributed by atoms with Crippen molar-refractivity contribution < 1.29 is 4.79 Å². The lowest BCUT2D eigenvalue weighted by atomic mass is 9.97. The van der Waals surface area contributed by atoms with Crippen LogP contribution in [0.1, 0.15) is 61.5 Å². The van der Waals surface area contributed by atoms with Crippen LogP contribution in [-0.4, -0.2) is 35.3 Å². The van der Waals surface area contributed by atoms with Gasteiger partial charge in [0.05, 0.1) is 23.6 Å². The van der Waals surface area contributed by atoms with Crippen LogP contribution < -0.4 is 32.6 Å². The van der Waals surface area contributed by atoms with Gasteiger partial charge in [0.1, 0.15) is 12.2 Å². The third-order valence-corrected chi connectivity index (χ3v) is 8.46. The number of aromatic amines is 1. The predicted octanol–water partition coefficient (Wildman–Crippen LogP) is 6.60. The number of hydrogen-bond acceptors (Lipinski definition) is 7. The molecule has 1 aliphatic rings. The van der Waals surface area contributed by atoms with Crippen molar-refractivity contribution in [3.8, 4) is 11.3 Å². The molecule has 0 saturated carbocycles. The number of rotatable bonds is 10. The molecule has 3 aromatic carbocycles. The smallest absolute Gasteiger partial charge is 0.244 e. The van der Waals surface area contributed by atoms with Gasteiger partial charge in [-0.2, -0.15) is 5.10 Å². The maximum atomic E-state index is 13.2. The molecule has 0 saturated heterocycles. The average molecular weight is 640 g/mol. The summed E-state index contributed by atoms with van der Waals surface area (Å²) in [6.45, 7) is 0. The van der Waals surface area contributed by atoms with Crippen LogP contribution in [-0.2, 0) is 11.2 Å². The van der Waals surface area contributed by atoms with E-state index in [1.54, 1.807) is 24.3 Å². The molecule has 1 amide bonds. The van der Waals surface area contributed by atoms with Crippen LogP contribution in [0, 0.1) is 0 Å². The van der Waals surface area contributed by atoms with Gasteiger partial charge in [-0.1, -0.05) is 54.8 Å². The van der Waals surface area contributed by atoms with Crippen LogP contribution >= 0.6 is 11.6 Å². The van der Waals surface area contributed by atoms with E-state index in [-0.39, 0.29) is 11.9 Å². The molecule has 10 nitrogen and oxygen atoms in total. The number of hydrazine groups is 1. The second-order valence-corrected chi connectivity index (χ2v) is 11.9. The maximum absolute atomic E-state index is 13.2. The molecular weight excluding hydrogens is 598 g/mol. The minimum Gasteiger partial charge on any atom is -0.388 e. The van der Waals surface area contributed by atoms with Crippen LogP contribution in [0.3, 0.4) is 0 Å². The number of carbonyl (C=O) groups is 1. The van der Waals surface area contributed by atoms with Gasteiger partial charge in [0, 0.05) is 46.7 Å². The predicted molar refractivity (Wildman–Crippen MR) is 190 cm³/mol. The molecule has 2 heterocycles. The first-order chi connectivity index (χ1) is 22.4. The lowest BCUT2D eigenvalue weighted by Gasteiger charge is -2.24. The van der Waals surface area contributed by atoms with Gasteiger partial charge in [0.2, 0.25) is 5.91 Å².